The van der Waals surface area contributed by atoms with Crippen molar-refractivity contribution in [3.8, 4) is 0 Å². The van der Waals surface area contributed by atoms with Crippen LogP contribution in [0, 0.1) is 0 Å². The number of hydrogen-bond acceptors (Lipinski definition) is 1. The molecule has 0 saturated heterocycles. The van der Waals surface area contributed by atoms with Gasteiger partial charge in [0, 0.05) is 0 Å². The second-order valence-electron chi connectivity index (χ2n) is 9.92. The lowest BCUT2D eigenvalue weighted by Gasteiger charge is -2.43. The number of hydrogen-bond donors (Lipinski definition) is 1. The topological polar surface area (TPSA) is 12.0 Å². The molecule has 0 bridgehead atoms. The van der Waals surface area contributed by atoms with E-state index in [0.29, 0.717) is 0 Å². The van der Waals surface area contributed by atoms with Gasteiger partial charge in [0.05, 0.1) is 0 Å². The van der Waals surface area contributed by atoms with Gasteiger partial charge in [0.15, 0.2) is 0 Å². The fourth-order valence-corrected chi connectivity index (χ4v) is 11.1. The highest BCUT2D eigenvalue weighted by atomic mass is 28.3. The van der Waals surface area contributed by atoms with E-state index in [1.54, 1.807) is 0 Å². The van der Waals surface area contributed by atoms with Gasteiger partial charge in [-0.2, -0.15) is 0 Å². The largest absolute Gasteiger partial charge is 0.336 e. The first-order valence-corrected chi connectivity index (χ1v) is 14.9. The van der Waals surface area contributed by atoms with E-state index >= 15 is 0 Å². The zero-order valence-electron chi connectivity index (χ0n) is 20.3. The summed E-state index contributed by atoms with van der Waals surface area (Å²) in [5.74, 6) is 0. The average Bonchev–Trinajstić information content (AvgIpc) is 2.60. The van der Waals surface area contributed by atoms with Crippen LogP contribution >= 0.6 is 0 Å². The molecule has 0 unspecified atom stereocenters. The molecule has 0 amide bonds. The van der Waals surface area contributed by atoms with E-state index < -0.39 is 8.24 Å². The van der Waals surface area contributed by atoms with Crippen molar-refractivity contribution in [2.75, 3.05) is 6.54 Å². The molecule has 1 nitrogen and oxygen atoms in total. The Bertz CT molecular complexity index is 290. The predicted molar refractivity (Wildman–Crippen MR) is 129 cm³/mol. The minimum absolute atomic E-state index is 0.823. The predicted octanol–water partition coefficient (Wildman–Crippen LogP) is 9.23. The molecule has 0 aliphatic carbocycles. The summed E-state index contributed by atoms with van der Waals surface area (Å²) in [6.07, 6.45) is 20.3. The van der Waals surface area contributed by atoms with Crippen LogP contribution < -0.4 is 4.98 Å². The molecule has 0 aliphatic heterocycles. The Balaban J connectivity index is 3.59. The van der Waals surface area contributed by atoms with E-state index in [0.717, 1.165) is 16.6 Å². The van der Waals surface area contributed by atoms with E-state index in [1.165, 1.54) is 96.4 Å². The maximum absolute atomic E-state index is 4.11. The highest BCUT2D eigenvalue weighted by Crippen LogP contribution is 2.38. The molecule has 0 rings (SSSR count). The third-order valence-electron chi connectivity index (χ3n) is 6.83. The second-order valence-corrected chi connectivity index (χ2v) is 15.6. The van der Waals surface area contributed by atoms with Gasteiger partial charge in [0.1, 0.15) is 8.24 Å². The molecule has 0 atom stereocenters. The van der Waals surface area contributed by atoms with Crippen LogP contribution in [0.15, 0.2) is 0 Å². The molecule has 0 aromatic rings. The molecule has 27 heavy (non-hydrogen) atoms. The van der Waals surface area contributed by atoms with Gasteiger partial charge in [-0.3, -0.25) is 0 Å². The summed E-state index contributed by atoms with van der Waals surface area (Å²) in [5.41, 5.74) is 2.47. The number of unbranched alkanes of at least 4 members (excludes halogenated alkanes) is 13. The molecule has 0 aromatic heterocycles. The minimum atomic E-state index is -1.38. The Labute approximate surface area is 175 Å². The van der Waals surface area contributed by atoms with E-state index in [4.69, 9.17) is 0 Å². The van der Waals surface area contributed by atoms with Crippen LogP contribution in [-0.4, -0.2) is 14.8 Å². The first-order chi connectivity index (χ1) is 12.9. The first-order valence-electron chi connectivity index (χ1n) is 12.6. The van der Waals surface area contributed by atoms with Gasteiger partial charge in [-0.05, 0) is 29.6 Å². The van der Waals surface area contributed by atoms with Gasteiger partial charge >= 0.3 is 0 Å². The van der Waals surface area contributed by atoms with Crippen molar-refractivity contribution in [1.82, 2.24) is 4.98 Å². The van der Waals surface area contributed by atoms with Crippen LogP contribution in [-0.2, 0) is 0 Å². The van der Waals surface area contributed by atoms with Gasteiger partial charge < -0.3 is 4.98 Å². The van der Waals surface area contributed by atoms with Crippen LogP contribution in [0.1, 0.15) is 138 Å². The Kier molecular flexibility index (Phi) is 17.2. The summed E-state index contributed by atoms with van der Waals surface area (Å²) >= 11 is 0. The molecular formula is C25H55NSi. The van der Waals surface area contributed by atoms with Crippen LogP contribution in [0.4, 0.5) is 0 Å². The van der Waals surface area contributed by atoms with Crippen molar-refractivity contribution in [2.24, 2.45) is 0 Å². The smallest absolute Gasteiger partial charge is 0.133 e. The summed E-state index contributed by atoms with van der Waals surface area (Å²) in [4.78, 5) is 4.11. The lowest BCUT2D eigenvalue weighted by molar-refractivity contribution is 0.534. The van der Waals surface area contributed by atoms with Crippen molar-refractivity contribution < 1.29 is 0 Å². The standard InChI is InChI=1S/C25H55NSi/c1-8-9-10-11-12-13-14-15-16-17-18-19-20-21-22-26-27(23(2)3,24(4)5)25(6)7/h23-26H,8-22H2,1-7H3. The zero-order chi connectivity index (χ0) is 20.5. The first kappa shape index (κ1) is 27.2. The van der Waals surface area contributed by atoms with Crippen LogP contribution in [0.2, 0.25) is 16.6 Å². The van der Waals surface area contributed by atoms with Crippen LogP contribution in [0.3, 0.4) is 0 Å². The monoisotopic (exact) mass is 397 g/mol. The molecule has 0 aromatic carbocycles. The molecule has 1 N–H and O–H groups in total. The van der Waals surface area contributed by atoms with Crippen molar-refractivity contribution in [1.29, 1.82) is 0 Å². The third-order valence-corrected chi connectivity index (χ3v) is 13.4. The second kappa shape index (κ2) is 17.1. The van der Waals surface area contributed by atoms with Gasteiger partial charge in [0.25, 0.3) is 0 Å². The fourth-order valence-electron chi connectivity index (χ4n) is 5.24. The summed E-state index contributed by atoms with van der Waals surface area (Å²) in [5, 5.41) is 0. The lowest BCUT2D eigenvalue weighted by atomic mass is 10.0. The van der Waals surface area contributed by atoms with Gasteiger partial charge in [0.2, 0.25) is 0 Å². The Hall–Kier alpha value is 0.177. The molecule has 0 fully saturated rings. The SMILES string of the molecule is CCCCCCCCCCCCCCCCN[Si](C(C)C)(C(C)C)C(C)C. The maximum Gasteiger partial charge on any atom is 0.133 e. The molecule has 0 heterocycles. The van der Waals surface area contributed by atoms with E-state index in [9.17, 15) is 0 Å². The molecule has 0 spiro atoms. The van der Waals surface area contributed by atoms with E-state index in [-0.39, 0.29) is 0 Å². The van der Waals surface area contributed by atoms with Gasteiger partial charge in [-0.25, -0.2) is 0 Å². The minimum Gasteiger partial charge on any atom is -0.336 e. The Morgan fingerprint density at radius 2 is 0.778 bits per heavy atom. The fraction of sp³-hybridized carbons (Fsp3) is 1.00. The number of rotatable bonds is 19. The summed E-state index contributed by atoms with van der Waals surface area (Å²) in [7, 11) is -1.38. The molecule has 164 valence electrons. The maximum atomic E-state index is 4.11. The van der Waals surface area contributed by atoms with Crippen molar-refractivity contribution in [2.45, 2.75) is 155 Å². The van der Waals surface area contributed by atoms with Gasteiger partial charge in [-0.1, -0.05) is 132 Å². The molecular weight excluding hydrogens is 342 g/mol. The highest BCUT2D eigenvalue weighted by molar-refractivity contribution is 6.81. The summed E-state index contributed by atoms with van der Waals surface area (Å²) in [6.45, 7) is 18.2. The summed E-state index contributed by atoms with van der Waals surface area (Å²) < 4.78 is 0. The number of nitrogens with one attached hydrogen (secondary N) is 1. The molecule has 2 heteroatoms. The lowest BCUT2D eigenvalue weighted by Crippen LogP contribution is -2.58. The summed E-state index contributed by atoms with van der Waals surface area (Å²) in [6, 6.07) is 0. The van der Waals surface area contributed by atoms with Gasteiger partial charge in [-0.15, -0.1) is 0 Å². The van der Waals surface area contributed by atoms with Crippen molar-refractivity contribution in [3.05, 3.63) is 0 Å². The molecule has 0 aliphatic rings. The van der Waals surface area contributed by atoms with Crippen LogP contribution in [0.5, 0.6) is 0 Å². The third kappa shape index (κ3) is 11.7. The molecule has 0 saturated carbocycles. The Morgan fingerprint density at radius 1 is 0.481 bits per heavy atom. The van der Waals surface area contributed by atoms with Crippen LogP contribution in [0.25, 0.3) is 0 Å². The average molecular weight is 398 g/mol. The van der Waals surface area contributed by atoms with E-state index in [1.807, 2.05) is 0 Å². The normalized spacial score (nSPS) is 12.7. The van der Waals surface area contributed by atoms with E-state index in [2.05, 4.69) is 53.4 Å². The quantitative estimate of drug-likeness (QED) is 0.169. The molecule has 0 radical (unpaired) electrons. The Morgan fingerprint density at radius 3 is 1.07 bits per heavy atom. The van der Waals surface area contributed by atoms with Crippen molar-refractivity contribution in [3.63, 3.8) is 0 Å². The highest BCUT2D eigenvalue weighted by Gasteiger charge is 2.42. The zero-order valence-corrected chi connectivity index (χ0v) is 21.3. The van der Waals surface area contributed by atoms with Crippen molar-refractivity contribution >= 4 is 8.24 Å².